The van der Waals surface area contributed by atoms with Crippen molar-refractivity contribution < 1.29 is 39.9 Å². The summed E-state index contributed by atoms with van der Waals surface area (Å²) in [7, 11) is -3.40. The van der Waals surface area contributed by atoms with Crippen molar-refractivity contribution in [2.45, 2.75) is 69.7 Å². The summed E-state index contributed by atoms with van der Waals surface area (Å²) in [4.78, 5) is 15.0. The maximum absolute atomic E-state index is 14.0. The standard InChI is InChI=1S/C23H30ClF5N2O4S/c1-2-16-36(33,34)31-14-12-30(13-15-31)21(8-10-22(25,26)11-9-21)7-6-18(32)20-17(24)4-3-5-19(20)35-23(27,28)29/h3-5H,2,6-16H2,1H3. The SMILES string of the molecule is CCCS(=O)(=O)N1CCN(C2(CCC(=O)c3c(Cl)cccc3OC(F)(F)F)CCC(F)(F)CC2)CC1. The van der Waals surface area contributed by atoms with Crippen molar-refractivity contribution in [3.63, 3.8) is 0 Å². The van der Waals surface area contributed by atoms with Crippen LogP contribution in [-0.2, 0) is 10.0 Å². The minimum absolute atomic E-state index is 0.0268. The number of halogens is 6. The first-order chi connectivity index (χ1) is 16.7. The minimum Gasteiger partial charge on any atom is -0.405 e. The number of sulfonamides is 1. The number of hydrogen-bond donors (Lipinski definition) is 0. The number of carbonyl (C=O) groups is 1. The van der Waals surface area contributed by atoms with Gasteiger partial charge < -0.3 is 4.74 Å². The molecule has 0 spiro atoms. The third-order valence-corrected chi connectivity index (χ3v) is 9.37. The van der Waals surface area contributed by atoms with Gasteiger partial charge in [-0.1, -0.05) is 24.6 Å². The summed E-state index contributed by atoms with van der Waals surface area (Å²) in [6, 6.07) is 3.52. The largest absolute Gasteiger partial charge is 0.573 e. The van der Waals surface area contributed by atoms with Crippen molar-refractivity contribution >= 4 is 27.4 Å². The molecule has 13 heteroatoms. The molecule has 1 saturated carbocycles. The molecular formula is C23H30ClF5N2O4S. The molecule has 2 aliphatic rings. The first kappa shape index (κ1) is 29.1. The van der Waals surface area contributed by atoms with E-state index in [2.05, 4.69) is 4.74 Å². The van der Waals surface area contributed by atoms with Gasteiger partial charge in [0.1, 0.15) is 5.75 Å². The molecule has 0 bridgehead atoms. The maximum Gasteiger partial charge on any atom is 0.573 e. The van der Waals surface area contributed by atoms with E-state index < -0.39 is 44.9 Å². The Morgan fingerprint density at radius 1 is 1.08 bits per heavy atom. The van der Waals surface area contributed by atoms with Crippen molar-refractivity contribution in [2.75, 3.05) is 31.9 Å². The van der Waals surface area contributed by atoms with Crippen LogP contribution in [0, 0.1) is 0 Å². The number of ketones is 1. The Labute approximate surface area is 212 Å². The molecule has 3 rings (SSSR count). The van der Waals surface area contributed by atoms with Gasteiger partial charge in [-0.25, -0.2) is 17.2 Å². The molecule has 0 unspecified atom stereocenters. The summed E-state index contributed by atoms with van der Waals surface area (Å²) in [6.45, 7) is 2.83. The van der Waals surface area contributed by atoms with Crippen LogP contribution in [0.2, 0.25) is 5.02 Å². The number of nitrogens with zero attached hydrogens (tertiary/aromatic N) is 2. The van der Waals surface area contributed by atoms with Crippen LogP contribution in [0.5, 0.6) is 5.75 Å². The van der Waals surface area contributed by atoms with Crippen molar-refractivity contribution in [3.05, 3.63) is 28.8 Å². The van der Waals surface area contributed by atoms with E-state index in [9.17, 15) is 35.2 Å². The molecule has 1 aliphatic heterocycles. The number of Topliss-reactive ketones (excluding diaryl/α,β-unsaturated/α-hetero) is 1. The smallest absolute Gasteiger partial charge is 0.405 e. The van der Waals surface area contributed by atoms with E-state index in [4.69, 9.17) is 11.6 Å². The Balaban J connectivity index is 1.78. The summed E-state index contributed by atoms with van der Waals surface area (Å²) in [5.41, 5.74) is -1.20. The zero-order valence-corrected chi connectivity index (χ0v) is 21.5. The molecule has 6 nitrogen and oxygen atoms in total. The van der Waals surface area contributed by atoms with Crippen molar-refractivity contribution in [1.29, 1.82) is 0 Å². The fourth-order valence-electron chi connectivity index (χ4n) is 5.09. The van der Waals surface area contributed by atoms with Crippen LogP contribution in [0.1, 0.15) is 62.2 Å². The van der Waals surface area contributed by atoms with Crippen LogP contribution >= 0.6 is 11.6 Å². The number of piperazine rings is 1. The third-order valence-electron chi connectivity index (χ3n) is 6.97. The van der Waals surface area contributed by atoms with Crippen LogP contribution in [0.3, 0.4) is 0 Å². The fourth-order valence-corrected chi connectivity index (χ4v) is 6.85. The summed E-state index contributed by atoms with van der Waals surface area (Å²) >= 11 is 6.04. The topological polar surface area (TPSA) is 66.9 Å². The molecule has 1 aromatic carbocycles. The Hall–Kier alpha value is -1.50. The number of carbonyl (C=O) groups excluding carboxylic acids is 1. The van der Waals surface area contributed by atoms with Crippen LogP contribution in [0.4, 0.5) is 22.0 Å². The quantitative estimate of drug-likeness (QED) is 0.294. The Kier molecular flexibility index (Phi) is 8.95. The first-order valence-electron chi connectivity index (χ1n) is 11.9. The summed E-state index contributed by atoms with van der Waals surface area (Å²) in [5, 5.41) is -0.194. The number of alkyl halides is 5. The monoisotopic (exact) mass is 560 g/mol. The predicted molar refractivity (Wildman–Crippen MR) is 125 cm³/mol. The summed E-state index contributed by atoms with van der Waals surface area (Å²) in [5.74, 6) is -4.20. The van der Waals surface area contributed by atoms with Gasteiger partial charge in [-0.3, -0.25) is 9.69 Å². The number of benzene rings is 1. The highest BCUT2D eigenvalue weighted by Crippen LogP contribution is 2.45. The van der Waals surface area contributed by atoms with Gasteiger partial charge in [-0.05, 0) is 37.8 Å². The normalized spacial score (nSPS) is 21.3. The van der Waals surface area contributed by atoms with E-state index in [1.807, 2.05) is 4.90 Å². The molecule has 2 fully saturated rings. The fraction of sp³-hybridized carbons (Fsp3) is 0.696. The van der Waals surface area contributed by atoms with Gasteiger partial charge in [0, 0.05) is 51.0 Å². The molecule has 0 amide bonds. The van der Waals surface area contributed by atoms with Crippen LogP contribution in [0.15, 0.2) is 18.2 Å². The van der Waals surface area contributed by atoms with Gasteiger partial charge >= 0.3 is 6.36 Å². The second kappa shape index (κ2) is 11.1. The molecule has 0 N–H and O–H groups in total. The molecule has 0 radical (unpaired) electrons. The number of hydrogen-bond acceptors (Lipinski definition) is 5. The Bertz CT molecular complexity index is 1030. The minimum atomic E-state index is -5.02. The van der Waals surface area contributed by atoms with E-state index in [0.717, 1.165) is 6.07 Å². The first-order valence-corrected chi connectivity index (χ1v) is 13.8. The number of ether oxygens (including phenoxy) is 1. The van der Waals surface area contributed by atoms with Gasteiger partial charge in [0.05, 0.1) is 16.3 Å². The van der Waals surface area contributed by atoms with Gasteiger partial charge in [-0.2, -0.15) is 4.31 Å². The van der Waals surface area contributed by atoms with E-state index in [-0.39, 0.29) is 62.4 Å². The van der Waals surface area contributed by atoms with Crippen LogP contribution in [-0.4, -0.2) is 73.2 Å². The van der Waals surface area contributed by atoms with E-state index >= 15 is 0 Å². The lowest BCUT2D eigenvalue weighted by atomic mass is 9.74. The Morgan fingerprint density at radius 2 is 1.69 bits per heavy atom. The van der Waals surface area contributed by atoms with E-state index in [0.29, 0.717) is 19.5 Å². The summed E-state index contributed by atoms with van der Waals surface area (Å²) < 4.78 is 96.8. The summed E-state index contributed by atoms with van der Waals surface area (Å²) in [6.07, 6.45) is -5.24. The lowest BCUT2D eigenvalue weighted by molar-refractivity contribution is -0.274. The molecule has 1 aromatic rings. The van der Waals surface area contributed by atoms with Crippen molar-refractivity contribution in [1.82, 2.24) is 9.21 Å². The second-order valence-corrected chi connectivity index (χ2v) is 11.9. The second-order valence-electron chi connectivity index (χ2n) is 9.37. The average Bonchev–Trinajstić information content (AvgIpc) is 2.78. The van der Waals surface area contributed by atoms with Gasteiger partial charge in [0.15, 0.2) is 5.78 Å². The zero-order chi connectivity index (χ0) is 26.8. The van der Waals surface area contributed by atoms with Gasteiger partial charge in [0.25, 0.3) is 0 Å². The van der Waals surface area contributed by atoms with E-state index in [1.165, 1.54) is 16.4 Å². The van der Waals surface area contributed by atoms with Crippen LogP contribution < -0.4 is 4.74 Å². The van der Waals surface area contributed by atoms with Crippen molar-refractivity contribution in [2.24, 2.45) is 0 Å². The zero-order valence-electron chi connectivity index (χ0n) is 19.9. The van der Waals surface area contributed by atoms with Gasteiger partial charge in [0.2, 0.25) is 15.9 Å². The van der Waals surface area contributed by atoms with Crippen LogP contribution in [0.25, 0.3) is 0 Å². The molecule has 204 valence electrons. The number of rotatable bonds is 9. The highest BCUT2D eigenvalue weighted by molar-refractivity contribution is 7.89. The lowest BCUT2D eigenvalue weighted by Gasteiger charge is -2.51. The molecule has 1 heterocycles. The van der Waals surface area contributed by atoms with Gasteiger partial charge in [-0.15, -0.1) is 13.2 Å². The lowest BCUT2D eigenvalue weighted by Crippen LogP contribution is -2.60. The van der Waals surface area contributed by atoms with Crippen molar-refractivity contribution in [3.8, 4) is 5.75 Å². The molecule has 36 heavy (non-hydrogen) atoms. The molecule has 1 aliphatic carbocycles. The van der Waals surface area contributed by atoms with E-state index in [1.54, 1.807) is 6.92 Å². The highest BCUT2D eigenvalue weighted by Gasteiger charge is 2.47. The average molecular weight is 561 g/mol. The highest BCUT2D eigenvalue weighted by atomic mass is 35.5. The molecular weight excluding hydrogens is 531 g/mol. The molecule has 1 saturated heterocycles. The third kappa shape index (κ3) is 7.08. The Morgan fingerprint density at radius 3 is 2.25 bits per heavy atom. The molecule has 0 aromatic heterocycles. The molecule has 0 atom stereocenters. The maximum atomic E-state index is 14.0. The predicted octanol–water partition coefficient (Wildman–Crippen LogP) is 5.51.